The van der Waals surface area contributed by atoms with Gasteiger partial charge in [0.05, 0.1) is 37.1 Å². The average molecular weight is 158 g/mol. The fourth-order valence-corrected chi connectivity index (χ4v) is 0.914. The second-order valence-electron chi connectivity index (χ2n) is 1.65. The number of hydrogen-bond acceptors (Lipinski definition) is 5. The van der Waals surface area contributed by atoms with Gasteiger partial charge < -0.3 is 4.74 Å². The molecule has 0 aliphatic heterocycles. The second kappa shape index (κ2) is 3.26. The van der Waals surface area contributed by atoms with Crippen LogP contribution >= 0.6 is 11.7 Å². The summed E-state index contributed by atoms with van der Waals surface area (Å²) in [5.41, 5.74) is 0.664. The molecule has 0 spiro atoms. The SMILES string of the molecule is COC(=O)Cc1cnsn1. The van der Waals surface area contributed by atoms with Crippen LogP contribution in [-0.2, 0) is 16.0 Å². The minimum atomic E-state index is -0.285. The molecule has 0 aliphatic carbocycles. The molecule has 0 unspecified atom stereocenters. The molecule has 4 nitrogen and oxygen atoms in total. The maximum atomic E-state index is 10.6. The lowest BCUT2D eigenvalue weighted by atomic mass is 10.3. The van der Waals surface area contributed by atoms with Crippen molar-refractivity contribution in [1.29, 1.82) is 0 Å². The quantitative estimate of drug-likeness (QED) is 0.579. The van der Waals surface area contributed by atoms with Crippen LogP contribution in [0.2, 0.25) is 0 Å². The van der Waals surface area contributed by atoms with Crippen molar-refractivity contribution in [2.75, 3.05) is 7.11 Å². The molecule has 0 saturated heterocycles. The third-order valence-electron chi connectivity index (χ3n) is 0.960. The van der Waals surface area contributed by atoms with Gasteiger partial charge in [0, 0.05) is 0 Å². The first kappa shape index (κ1) is 7.14. The van der Waals surface area contributed by atoms with Crippen molar-refractivity contribution in [3.05, 3.63) is 11.9 Å². The first-order valence-electron chi connectivity index (χ1n) is 2.66. The zero-order valence-electron chi connectivity index (χ0n) is 5.40. The van der Waals surface area contributed by atoms with Gasteiger partial charge in [-0.05, 0) is 0 Å². The molecule has 0 aliphatic rings. The Hall–Kier alpha value is -0.970. The monoisotopic (exact) mass is 158 g/mol. The van der Waals surface area contributed by atoms with Gasteiger partial charge in [-0.15, -0.1) is 0 Å². The second-order valence-corrected chi connectivity index (χ2v) is 2.21. The van der Waals surface area contributed by atoms with Crippen molar-refractivity contribution in [2.45, 2.75) is 6.42 Å². The van der Waals surface area contributed by atoms with Crippen LogP contribution in [0.1, 0.15) is 5.69 Å². The number of rotatable bonds is 2. The fourth-order valence-electron chi connectivity index (χ4n) is 0.482. The molecule has 0 atom stereocenters. The summed E-state index contributed by atoms with van der Waals surface area (Å²) in [5.74, 6) is -0.285. The number of carbonyl (C=O) groups excluding carboxylic acids is 1. The molecule has 10 heavy (non-hydrogen) atoms. The van der Waals surface area contributed by atoms with E-state index in [1.54, 1.807) is 6.20 Å². The molecule has 0 fully saturated rings. The highest BCUT2D eigenvalue weighted by molar-refractivity contribution is 6.99. The molecule has 1 rings (SSSR count). The van der Waals surface area contributed by atoms with Crippen molar-refractivity contribution in [1.82, 2.24) is 8.75 Å². The highest BCUT2D eigenvalue weighted by Crippen LogP contribution is 1.96. The minimum Gasteiger partial charge on any atom is -0.469 e. The molecule has 0 bridgehead atoms. The lowest BCUT2D eigenvalue weighted by Crippen LogP contribution is -2.04. The van der Waals surface area contributed by atoms with Gasteiger partial charge in [0.2, 0.25) is 0 Å². The van der Waals surface area contributed by atoms with Gasteiger partial charge in [-0.3, -0.25) is 4.79 Å². The lowest BCUT2D eigenvalue weighted by molar-refractivity contribution is -0.139. The van der Waals surface area contributed by atoms with E-state index in [9.17, 15) is 4.79 Å². The summed E-state index contributed by atoms with van der Waals surface area (Å²) in [6.45, 7) is 0. The standard InChI is InChI=1S/C5H6N2O2S/c1-9-5(8)2-4-3-6-10-7-4/h3H,2H2,1H3. The van der Waals surface area contributed by atoms with E-state index in [0.717, 1.165) is 11.7 Å². The zero-order chi connectivity index (χ0) is 7.40. The Morgan fingerprint density at radius 1 is 1.90 bits per heavy atom. The summed E-state index contributed by atoms with van der Waals surface area (Å²) in [6.07, 6.45) is 1.77. The van der Waals surface area contributed by atoms with Gasteiger partial charge in [-0.2, -0.15) is 8.75 Å². The van der Waals surface area contributed by atoms with E-state index >= 15 is 0 Å². The predicted molar refractivity (Wildman–Crippen MR) is 35.6 cm³/mol. The van der Waals surface area contributed by atoms with E-state index in [-0.39, 0.29) is 12.4 Å². The van der Waals surface area contributed by atoms with Crippen LogP contribution < -0.4 is 0 Å². The van der Waals surface area contributed by atoms with Crippen molar-refractivity contribution in [3.8, 4) is 0 Å². The maximum Gasteiger partial charge on any atom is 0.311 e. The largest absolute Gasteiger partial charge is 0.469 e. The van der Waals surface area contributed by atoms with Crippen molar-refractivity contribution in [3.63, 3.8) is 0 Å². The molecule has 1 aromatic heterocycles. The Balaban J connectivity index is 2.48. The van der Waals surface area contributed by atoms with E-state index in [1.165, 1.54) is 7.11 Å². The summed E-state index contributed by atoms with van der Waals surface area (Å²) in [5, 5.41) is 0. The molecule has 0 amide bonds. The Bertz CT molecular complexity index is 209. The summed E-state index contributed by atoms with van der Waals surface area (Å²) in [6, 6.07) is 0. The molecule has 0 saturated carbocycles. The predicted octanol–water partition coefficient (Wildman–Crippen LogP) is 0.254. The molecule has 1 heterocycles. The van der Waals surface area contributed by atoms with Crippen molar-refractivity contribution >= 4 is 17.7 Å². The van der Waals surface area contributed by atoms with E-state index in [1.807, 2.05) is 0 Å². The van der Waals surface area contributed by atoms with Gasteiger partial charge >= 0.3 is 5.97 Å². The third-order valence-corrected chi connectivity index (χ3v) is 1.48. The number of carbonyl (C=O) groups is 1. The highest BCUT2D eigenvalue weighted by atomic mass is 32.1. The Morgan fingerprint density at radius 2 is 2.70 bits per heavy atom. The first-order chi connectivity index (χ1) is 4.83. The van der Waals surface area contributed by atoms with Gasteiger partial charge in [-0.25, -0.2) is 0 Å². The minimum absolute atomic E-state index is 0.215. The van der Waals surface area contributed by atoms with Crippen LogP contribution in [0.25, 0.3) is 0 Å². The zero-order valence-corrected chi connectivity index (χ0v) is 6.22. The fraction of sp³-hybridized carbons (Fsp3) is 0.400. The van der Waals surface area contributed by atoms with E-state index in [4.69, 9.17) is 0 Å². The Morgan fingerprint density at radius 3 is 3.20 bits per heavy atom. The topological polar surface area (TPSA) is 52.1 Å². The van der Waals surface area contributed by atoms with E-state index in [2.05, 4.69) is 13.5 Å². The number of ether oxygens (including phenoxy) is 1. The highest BCUT2D eigenvalue weighted by Gasteiger charge is 2.03. The molecule has 0 N–H and O–H groups in total. The molecule has 0 aromatic carbocycles. The van der Waals surface area contributed by atoms with Crippen LogP contribution in [0.5, 0.6) is 0 Å². The number of nitrogens with zero attached hydrogens (tertiary/aromatic N) is 2. The number of aromatic nitrogens is 2. The molecule has 0 radical (unpaired) electrons. The van der Waals surface area contributed by atoms with Crippen molar-refractivity contribution in [2.24, 2.45) is 0 Å². The normalized spacial score (nSPS) is 9.30. The van der Waals surface area contributed by atoms with Crippen LogP contribution in [-0.4, -0.2) is 21.8 Å². The average Bonchev–Trinajstić information content (AvgIpc) is 2.40. The maximum absolute atomic E-state index is 10.6. The number of hydrogen-bond donors (Lipinski definition) is 0. The summed E-state index contributed by atoms with van der Waals surface area (Å²) >= 11 is 1.08. The van der Waals surface area contributed by atoms with Gasteiger partial charge in [0.15, 0.2) is 0 Å². The summed E-state index contributed by atoms with van der Waals surface area (Å²) in [4.78, 5) is 10.6. The van der Waals surface area contributed by atoms with Gasteiger partial charge in [-0.1, -0.05) is 0 Å². The van der Waals surface area contributed by atoms with Crippen LogP contribution in [0.4, 0.5) is 0 Å². The van der Waals surface area contributed by atoms with Gasteiger partial charge in [0.1, 0.15) is 0 Å². The Labute approximate surface area is 62.2 Å². The van der Waals surface area contributed by atoms with Crippen molar-refractivity contribution < 1.29 is 9.53 Å². The van der Waals surface area contributed by atoms with Crippen LogP contribution in [0.3, 0.4) is 0 Å². The van der Waals surface area contributed by atoms with Gasteiger partial charge in [0.25, 0.3) is 0 Å². The van der Waals surface area contributed by atoms with Crippen LogP contribution in [0.15, 0.2) is 6.20 Å². The lowest BCUT2D eigenvalue weighted by Gasteiger charge is -1.91. The summed E-state index contributed by atoms with van der Waals surface area (Å²) < 4.78 is 12.0. The molecule has 54 valence electrons. The smallest absolute Gasteiger partial charge is 0.311 e. The third kappa shape index (κ3) is 1.77. The Kier molecular flexibility index (Phi) is 2.33. The molecule has 5 heteroatoms. The molecule has 1 aromatic rings. The molecular weight excluding hydrogens is 152 g/mol. The first-order valence-corrected chi connectivity index (χ1v) is 3.39. The molecular formula is C5H6N2O2S. The number of methoxy groups -OCH3 is 1. The van der Waals surface area contributed by atoms with E-state index < -0.39 is 0 Å². The van der Waals surface area contributed by atoms with E-state index in [0.29, 0.717) is 5.69 Å². The number of esters is 1. The van der Waals surface area contributed by atoms with Crippen LogP contribution in [0, 0.1) is 0 Å². The summed E-state index contributed by atoms with van der Waals surface area (Å²) in [7, 11) is 1.35.